The summed E-state index contributed by atoms with van der Waals surface area (Å²) in [6.07, 6.45) is 5.52. The molecule has 4 heteroatoms. The van der Waals surface area contributed by atoms with Gasteiger partial charge in [-0.15, -0.1) is 0 Å². The van der Waals surface area contributed by atoms with E-state index in [2.05, 4.69) is 27.1 Å². The molecule has 2 heterocycles. The zero-order valence-electron chi connectivity index (χ0n) is 11.7. The second-order valence-electron chi connectivity index (χ2n) is 5.11. The molecule has 18 heavy (non-hydrogen) atoms. The summed E-state index contributed by atoms with van der Waals surface area (Å²) < 4.78 is 0. The molecule has 1 aliphatic rings. The second kappa shape index (κ2) is 6.14. The van der Waals surface area contributed by atoms with Gasteiger partial charge in [0.05, 0.1) is 17.6 Å². The Morgan fingerprint density at radius 3 is 2.61 bits per heavy atom. The van der Waals surface area contributed by atoms with Gasteiger partial charge < -0.3 is 10.2 Å². The summed E-state index contributed by atoms with van der Waals surface area (Å²) in [5.41, 5.74) is 2.07. The smallest absolute Gasteiger partial charge is 0.147 e. The molecular formula is C14H24N4. The monoisotopic (exact) mass is 248 g/mol. The van der Waals surface area contributed by atoms with E-state index < -0.39 is 0 Å². The summed E-state index contributed by atoms with van der Waals surface area (Å²) in [5, 5.41) is 3.60. The van der Waals surface area contributed by atoms with Crippen LogP contribution in [-0.2, 0) is 0 Å². The third kappa shape index (κ3) is 3.19. The number of piperidine rings is 1. The molecule has 1 aliphatic heterocycles. The fourth-order valence-corrected chi connectivity index (χ4v) is 2.34. The molecule has 0 aliphatic carbocycles. The number of nitrogens with zero attached hydrogens (tertiary/aromatic N) is 3. The van der Waals surface area contributed by atoms with Crippen LogP contribution in [0.2, 0.25) is 0 Å². The first-order valence-electron chi connectivity index (χ1n) is 6.99. The average molecular weight is 248 g/mol. The Labute approximate surface area is 110 Å². The molecular weight excluding hydrogens is 224 g/mol. The minimum atomic E-state index is 0.681. The van der Waals surface area contributed by atoms with Gasteiger partial charge >= 0.3 is 0 Å². The Balaban J connectivity index is 1.90. The third-order valence-electron chi connectivity index (χ3n) is 3.68. The highest BCUT2D eigenvalue weighted by molar-refractivity contribution is 5.38. The van der Waals surface area contributed by atoms with Gasteiger partial charge in [0, 0.05) is 19.1 Å². The normalized spacial score (nSPS) is 17.2. The summed E-state index contributed by atoms with van der Waals surface area (Å²) >= 11 is 0. The summed E-state index contributed by atoms with van der Waals surface area (Å²) in [4.78, 5) is 11.4. The van der Waals surface area contributed by atoms with Crippen molar-refractivity contribution in [1.29, 1.82) is 0 Å². The molecule has 4 nitrogen and oxygen atoms in total. The van der Waals surface area contributed by atoms with Crippen molar-refractivity contribution >= 4 is 5.82 Å². The highest BCUT2D eigenvalue weighted by atomic mass is 15.2. The SMILES string of the molecule is CCCNC1CCN(c2cnc(C)c(C)n2)CC1. The standard InChI is InChI=1S/C14H24N4/c1-4-7-15-13-5-8-18(9-6-13)14-10-16-11(2)12(3)17-14/h10,13,15H,4-9H2,1-3H3. The van der Waals surface area contributed by atoms with Gasteiger partial charge in [-0.3, -0.25) is 4.98 Å². The predicted octanol–water partition coefficient (Wildman–Crippen LogP) is 2.06. The number of aryl methyl sites for hydroxylation is 2. The maximum atomic E-state index is 4.63. The number of hydrogen-bond donors (Lipinski definition) is 1. The van der Waals surface area contributed by atoms with Crippen LogP contribution in [-0.4, -0.2) is 35.6 Å². The van der Waals surface area contributed by atoms with Crippen LogP contribution in [0, 0.1) is 13.8 Å². The van der Waals surface area contributed by atoms with Gasteiger partial charge in [0.25, 0.3) is 0 Å². The molecule has 0 bridgehead atoms. The molecule has 1 N–H and O–H groups in total. The number of aromatic nitrogens is 2. The topological polar surface area (TPSA) is 41.0 Å². The summed E-state index contributed by atoms with van der Waals surface area (Å²) in [6, 6.07) is 0.681. The first-order valence-corrected chi connectivity index (χ1v) is 6.99. The van der Waals surface area contributed by atoms with Gasteiger partial charge in [-0.25, -0.2) is 4.98 Å². The molecule has 2 rings (SSSR count). The van der Waals surface area contributed by atoms with Crippen molar-refractivity contribution in [2.75, 3.05) is 24.5 Å². The van der Waals surface area contributed by atoms with E-state index in [-0.39, 0.29) is 0 Å². The van der Waals surface area contributed by atoms with Crippen LogP contribution in [0.15, 0.2) is 6.20 Å². The third-order valence-corrected chi connectivity index (χ3v) is 3.68. The van der Waals surface area contributed by atoms with Crippen molar-refractivity contribution in [2.24, 2.45) is 0 Å². The van der Waals surface area contributed by atoms with Crippen molar-refractivity contribution in [3.63, 3.8) is 0 Å². The van der Waals surface area contributed by atoms with E-state index in [0.717, 1.165) is 36.8 Å². The maximum absolute atomic E-state index is 4.63. The highest BCUT2D eigenvalue weighted by Crippen LogP contribution is 2.18. The van der Waals surface area contributed by atoms with E-state index in [4.69, 9.17) is 0 Å². The van der Waals surface area contributed by atoms with Gasteiger partial charge in [-0.05, 0) is 39.7 Å². The number of hydrogen-bond acceptors (Lipinski definition) is 4. The predicted molar refractivity (Wildman–Crippen MR) is 75.0 cm³/mol. The van der Waals surface area contributed by atoms with E-state index in [1.807, 2.05) is 20.0 Å². The van der Waals surface area contributed by atoms with Gasteiger partial charge in [-0.2, -0.15) is 0 Å². The molecule has 0 aromatic carbocycles. The van der Waals surface area contributed by atoms with Crippen molar-refractivity contribution in [2.45, 2.75) is 46.1 Å². The molecule has 1 aromatic heterocycles. The fraction of sp³-hybridized carbons (Fsp3) is 0.714. The van der Waals surface area contributed by atoms with Crippen molar-refractivity contribution in [3.8, 4) is 0 Å². The Kier molecular flexibility index (Phi) is 4.53. The first-order chi connectivity index (χ1) is 8.70. The zero-order valence-corrected chi connectivity index (χ0v) is 11.7. The van der Waals surface area contributed by atoms with Crippen LogP contribution in [0.4, 0.5) is 5.82 Å². The molecule has 0 saturated carbocycles. The molecule has 0 spiro atoms. The Morgan fingerprint density at radius 2 is 2.00 bits per heavy atom. The van der Waals surface area contributed by atoms with Crippen LogP contribution in [0.5, 0.6) is 0 Å². The van der Waals surface area contributed by atoms with E-state index in [1.165, 1.54) is 19.3 Å². The summed E-state index contributed by atoms with van der Waals surface area (Å²) in [6.45, 7) is 9.55. The molecule has 1 saturated heterocycles. The molecule has 0 atom stereocenters. The lowest BCUT2D eigenvalue weighted by atomic mass is 10.1. The van der Waals surface area contributed by atoms with Crippen molar-refractivity contribution in [3.05, 3.63) is 17.6 Å². The van der Waals surface area contributed by atoms with Crippen LogP contribution in [0.3, 0.4) is 0 Å². The van der Waals surface area contributed by atoms with Crippen LogP contribution < -0.4 is 10.2 Å². The molecule has 0 amide bonds. The van der Waals surface area contributed by atoms with Crippen molar-refractivity contribution in [1.82, 2.24) is 15.3 Å². The Morgan fingerprint density at radius 1 is 1.28 bits per heavy atom. The Bertz CT molecular complexity index is 383. The van der Waals surface area contributed by atoms with Gasteiger partial charge in [0.2, 0.25) is 0 Å². The average Bonchev–Trinajstić information content (AvgIpc) is 2.40. The van der Waals surface area contributed by atoms with E-state index in [1.54, 1.807) is 0 Å². The van der Waals surface area contributed by atoms with E-state index in [0.29, 0.717) is 6.04 Å². The largest absolute Gasteiger partial charge is 0.355 e. The zero-order chi connectivity index (χ0) is 13.0. The minimum absolute atomic E-state index is 0.681. The Hall–Kier alpha value is -1.16. The molecule has 1 fully saturated rings. The van der Waals surface area contributed by atoms with Gasteiger partial charge in [0.1, 0.15) is 5.82 Å². The lowest BCUT2D eigenvalue weighted by molar-refractivity contribution is 0.414. The fourth-order valence-electron chi connectivity index (χ4n) is 2.34. The van der Waals surface area contributed by atoms with Gasteiger partial charge in [0.15, 0.2) is 0 Å². The molecule has 0 radical (unpaired) electrons. The first kappa shape index (κ1) is 13.3. The lowest BCUT2D eigenvalue weighted by Gasteiger charge is -2.33. The quantitative estimate of drug-likeness (QED) is 0.885. The lowest BCUT2D eigenvalue weighted by Crippen LogP contribution is -2.43. The minimum Gasteiger partial charge on any atom is -0.355 e. The summed E-state index contributed by atoms with van der Waals surface area (Å²) in [7, 11) is 0. The summed E-state index contributed by atoms with van der Waals surface area (Å²) in [5.74, 6) is 1.03. The number of nitrogens with one attached hydrogen (secondary N) is 1. The van der Waals surface area contributed by atoms with Crippen LogP contribution in [0.1, 0.15) is 37.6 Å². The van der Waals surface area contributed by atoms with Crippen LogP contribution >= 0.6 is 0 Å². The maximum Gasteiger partial charge on any atom is 0.147 e. The highest BCUT2D eigenvalue weighted by Gasteiger charge is 2.19. The van der Waals surface area contributed by atoms with E-state index in [9.17, 15) is 0 Å². The number of rotatable bonds is 4. The van der Waals surface area contributed by atoms with Crippen molar-refractivity contribution < 1.29 is 0 Å². The molecule has 100 valence electrons. The van der Waals surface area contributed by atoms with Crippen LogP contribution in [0.25, 0.3) is 0 Å². The van der Waals surface area contributed by atoms with Gasteiger partial charge in [-0.1, -0.05) is 6.92 Å². The number of anilines is 1. The molecule has 1 aromatic rings. The van der Waals surface area contributed by atoms with E-state index >= 15 is 0 Å². The second-order valence-corrected chi connectivity index (χ2v) is 5.11. The molecule has 0 unspecified atom stereocenters.